The zero-order chi connectivity index (χ0) is 15.5. The molecular formula is C18H24N2O2. The summed E-state index contributed by atoms with van der Waals surface area (Å²) in [5.74, 6) is 1.96. The highest BCUT2D eigenvalue weighted by Crippen LogP contribution is 2.39. The van der Waals surface area contributed by atoms with Crippen LogP contribution in [0.15, 0.2) is 34.9 Å². The third-order valence-electron chi connectivity index (χ3n) is 4.19. The predicted octanol–water partition coefficient (Wildman–Crippen LogP) is 3.67. The molecule has 1 heterocycles. The summed E-state index contributed by atoms with van der Waals surface area (Å²) in [7, 11) is 0. The van der Waals surface area contributed by atoms with Crippen LogP contribution in [0, 0.1) is 0 Å². The van der Waals surface area contributed by atoms with Gasteiger partial charge in [-0.25, -0.2) is 0 Å². The second-order valence-corrected chi connectivity index (χ2v) is 6.39. The van der Waals surface area contributed by atoms with Crippen molar-refractivity contribution in [3.63, 3.8) is 0 Å². The Bertz CT molecular complexity index is 617. The van der Waals surface area contributed by atoms with E-state index in [1.54, 1.807) is 0 Å². The van der Waals surface area contributed by atoms with E-state index in [1.165, 1.54) is 18.4 Å². The normalized spacial score (nSPS) is 14.5. The highest BCUT2D eigenvalue weighted by Gasteiger charge is 2.27. The minimum Gasteiger partial charge on any atom is -0.395 e. The zero-order valence-corrected chi connectivity index (χ0v) is 13.3. The second-order valence-electron chi connectivity index (χ2n) is 6.39. The van der Waals surface area contributed by atoms with Gasteiger partial charge in [0.2, 0.25) is 0 Å². The highest BCUT2D eigenvalue weighted by molar-refractivity contribution is 5.49. The van der Waals surface area contributed by atoms with Gasteiger partial charge in [-0.1, -0.05) is 31.1 Å². The number of anilines is 1. The molecule has 1 aromatic carbocycles. The largest absolute Gasteiger partial charge is 0.395 e. The maximum absolute atomic E-state index is 9.37. The van der Waals surface area contributed by atoms with Crippen molar-refractivity contribution in [2.75, 3.05) is 18.1 Å². The third-order valence-corrected chi connectivity index (χ3v) is 4.19. The molecule has 1 fully saturated rings. The number of hydrogen-bond donors (Lipinski definition) is 1. The van der Waals surface area contributed by atoms with E-state index in [0.717, 1.165) is 17.1 Å². The van der Waals surface area contributed by atoms with E-state index < -0.39 is 0 Å². The average molecular weight is 300 g/mol. The summed E-state index contributed by atoms with van der Waals surface area (Å²) in [6.07, 6.45) is 2.45. The van der Waals surface area contributed by atoms with E-state index in [0.29, 0.717) is 24.9 Å². The Labute approximate surface area is 131 Å². The lowest BCUT2D eigenvalue weighted by molar-refractivity contribution is 0.298. The number of rotatable bonds is 7. The molecule has 0 unspecified atom stereocenters. The first-order chi connectivity index (χ1) is 10.7. The molecule has 1 aliphatic rings. The van der Waals surface area contributed by atoms with Crippen molar-refractivity contribution in [1.82, 2.24) is 5.16 Å². The molecule has 0 amide bonds. The van der Waals surface area contributed by atoms with Crippen molar-refractivity contribution in [3.05, 3.63) is 47.3 Å². The Morgan fingerprint density at radius 2 is 2.14 bits per heavy atom. The van der Waals surface area contributed by atoms with Crippen LogP contribution in [-0.2, 0) is 6.54 Å². The molecule has 1 N–H and O–H groups in total. The van der Waals surface area contributed by atoms with Gasteiger partial charge in [0.25, 0.3) is 0 Å². The van der Waals surface area contributed by atoms with Gasteiger partial charge in [0.15, 0.2) is 5.76 Å². The quantitative estimate of drug-likeness (QED) is 0.847. The fraction of sp³-hybridized carbons (Fsp3) is 0.500. The van der Waals surface area contributed by atoms with Crippen molar-refractivity contribution in [2.24, 2.45) is 0 Å². The van der Waals surface area contributed by atoms with E-state index in [1.807, 2.05) is 0 Å². The van der Waals surface area contributed by atoms with Crippen LogP contribution in [0.2, 0.25) is 0 Å². The Kier molecular flexibility index (Phi) is 4.48. The van der Waals surface area contributed by atoms with E-state index in [2.05, 4.69) is 54.2 Å². The van der Waals surface area contributed by atoms with Crippen molar-refractivity contribution in [2.45, 2.75) is 45.1 Å². The molecule has 1 saturated carbocycles. The zero-order valence-electron chi connectivity index (χ0n) is 13.3. The van der Waals surface area contributed by atoms with E-state index >= 15 is 0 Å². The fourth-order valence-electron chi connectivity index (χ4n) is 2.66. The first kappa shape index (κ1) is 15.1. The molecule has 4 heteroatoms. The first-order valence-electron chi connectivity index (χ1n) is 8.08. The Balaban J connectivity index is 1.77. The molecule has 22 heavy (non-hydrogen) atoms. The molecule has 1 aromatic heterocycles. The van der Waals surface area contributed by atoms with E-state index in [4.69, 9.17) is 4.52 Å². The van der Waals surface area contributed by atoms with Crippen LogP contribution in [-0.4, -0.2) is 23.4 Å². The molecule has 2 aromatic rings. The van der Waals surface area contributed by atoms with Crippen LogP contribution < -0.4 is 4.90 Å². The lowest BCUT2D eigenvalue weighted by Crippen LogP contribution is -2.26. The number of aromatic nitrogens is 1. The third kappa shape index (κ3) is 3.50. The monoisotopic (exact) mass is 300 g/mol. The van der Waals surface area contributed by atoms with E-state index in [-0.39, 0.29) is 6.61 Å². The summed E-state index contributed by atoms with van der Waals surface area (Å²) in [5.41, 5.74) is 3.50. The number of aliphatic hydroxyl groups excluding tert-OH is 1. The van der Waals surface area contributed by atoms with E-state index in [9.17, 15) is 5.11 Å². The van der Waals surface area contributed by atoms with Crippen molar-refractivity contribution in [3.8, 4) is 0 Å². The summed E-state index contributed by atoms with van der Waals surface area (Å²) in [4.78, 5) is 2.14. The van der Waals surface area contributed by atoms with Crippen LogP contribution in [0.1, 0.15) is 55.5 Å². The standard InChI is InChI=1S/C18H24N2O2/c1-13(2)15-4-3-5-16(10-15)20(8-9-21)12-17-11-18(19-22-17)14-6-7-14/h3-5,10-11,13-14,21H,6-9,12H2,1-2H3. The highest BCUT2D eigenvalue weighted by atomic mass is 16.5. The van der Waals surface area contributed by atoms with Gasteiger partial charge in [-0.15, -0.1) is 0 Å². The molecule has 0 atom stereocenters. The van der Waals surface area contributed by atoms with Crippen molar-refractivity contribution in [1.29, 1.82) is 0 Å². The molecule has 0 saturated heterocycles. The van der Waals surface area contributed by atoms with Gasteiger partial charge in [-0.2, -0.15) is 0 Å². The molecule has 0 radical (unpaired) electrons. The van der Waals surface area contributed by atoms with Gasteiger partial charge in [0.05, 0.1) is 18.8 Å². The molecule has 0 bridgehead atoms. The Morgan fingerprint density at radius 1 is 1.32 bits per heavy atom. The van der Waals surface area contributed by atoms with Gasteiger partial charge in [-0.05, 0) is 36.5 Å². The molecule has 0 aliphatic heterocycles. The predicted molar refractivity (Wildman–Crippen MR) is 87.1 cm³/mol. The van der Waals surface area contributed by atoms with Crippen LogP contribution in [0.5, 0.6) is 0 Å². The first-order valence-corrected chi connectivity index (χ1v) is 8.08. The molecule has 3 rings (SSSR count). The summed E-state index contributed by atoms with van der Waals surface area (Å²) < 4.78 is 5.47. The van der Waals surface area contributed by atoms with Crippen LogP contribution in [0.4, 0.5) is 5.69 Å². The van der Waals surface area contributed by atoms with Crippen LogP contribution in [0.3, 0.4) is 0 Å². The van der Waals surface area contributed by atoms with Gasteiger partial charge < -0.3 is 14.5 Å². The lowest BCUT2D eigenvalue weighted by atomic mass is 10.0. The SMILES string of the molecule is CC(C)c1cccc(N(CCO)Cc2cc(C3CC3)no2)c1. The summed E-state index contributed by atoms with van der Waals surface area (Å²) in [6.45, 7) is 5.72. The fourth-order valence-corrected chi connectivity index (χ4v) is 2.66. The minimum atomic E-state index is 0.121. The Morgan fingerprint density at radius 3 is 2.82 bits per heavy atom. The topological polar surface area (TPSA) is 49.5 Å². The van der Waals surface area contributed by atoms with Gasteiger partial charge in [0.1, 0.15) is 0 Å². The smallest absolute Gasteiger partial charge is 0.156 e. The van der Waals surface area contributed by atoms with Gasteiger partial charge >= 0.3 is 0 Å². The van der Waals surface area contributed by atoms with Crippen LogP contribution in [0.25, 0.3) is 0 Å². The molecular weight excluding hydrogens is 276 g/mol. The molecule has 118 valence electrons. The average Bonchev–Trinajstić information content (AvgIpc) is 3.27. The molecule has 1 aliphatic carbocycles. The van der Waals surface area contributed by atoms with Gasteiger partial charge in [0, 0.05) is 24.2 Å². The Hall–Kier alpha value is -1.81. The second kappa shape index (κ2) is 6.53. The summed E-state index contributed by atoms with van der Waals surface area (Å²) in [6, 6.07) is 10.6. The molecule has 4 nitrogen and oxygen atoms in total. The summed E-state index contributed by atoms with van der Waals surface area (Å²) >= 11 is 0. The number of nitrogens with zero attached hydrogens (tertiary/aromatic N) is 2. The maximum Gasteiger partial charge on any atom is 0.156 e. The van der Waals surface area contributed by atoms with Crippen molar-refractivity contribution >= 4 is 5.69 Å². The van der Waals surface area contributed by atoms with Crippen LogP contribution >= 0.6 is 0 Å². The van der Waals surface area contributed by atoms with Crippen molar-refractivity contribution < 1.29 is 9.63 Å². The lowest BCUT2D eigenvalue weighted by Gasteiger charge is -2.23. The number of hydrogen-bond acceptors (Lipinski definition) is 4. The number of aliphatic hydroxyl groups is 1. The number of benzene rings is 1. The van der Waals surface area contributed by atoms with Gasteiger partial charge in [-0.3, -0.25) is 0 Å². The molecule has 0 spiro atoms. The minimum absolute atomic E-state index is 0.121. The summed E-state index contributed by atoms with van der Waals surface area (Å²) in [5, 5.41) is 13.5. The maximum atomic E-state index is 9.37.